The molecule has 2 aromatic rings. The lowest BCUT2D eigenvalue weighted by Gasteiger charge is -2.29. The van der Waals surface area contributed by atoms with Gasteiger partial charge in [0.1, 0.15) is 6.04 Å². The van der Waals surface area contributed by atoms with E-state index in [1.54, 1.807) is 25.8 Å². The Balaban J connectivity index is 2.23. The number of para-hydroxylation sites is 1. The lowest BCUT2D eigenvalue weighted by atomic mass is 9.94. The van der Waals surface area contributed by atoms with Crippen molar-refractivity contribution in [3.63, 3.8) is 0 Å². The van der Waals surface area contributed by atoms with Gasteiger partial charge in [0.15, 0.2) is 11.5 Å². The molecule has 2 heterocycles. The van der Waals surface area contributed by atoms with Crippen molar-refractivity contribution in [2.45, 2.75) is 32.0 Å². The average Bonchev–Trinajstić information content (AvgIpc) is 3.08. The number of nitrogens with one attached hydrogen (secondary N) is 1. The van der Waals surface area contributed by atoms with E-state index in [2.05, 4.69) is 15.4 Å². The number of allylic oxidation sites excluding steroid dienone is 1. The molecule has 0 fully saturated rings. The highest BCUT2D eigenvalue weighted by Gasteiger charge is 2.37. The molecule has 0 saturated heterocycles. The number of esters is 1. The second kappa shape index (κ2) is 8.55. The van der Waals surface area contributed by atoms with Gasteiger partial charge in [-0.2, -0.15) is 4.98 Å². The molecule has 1 aromatic carbocycles. The molecular formula is C19H24N4O4S. The molecule has 0 unspecified atom stereocenters. The summed E-state index contributed by atoms with van der Waals surface area (Å²) in [6.07, 6.45) is 0. The second-order valence-corrected chi connectivity index (χ2v) is 7.20. The number of carbonyl (C=O) groups excluding carboxylic acids is 1. The zero-order valence-corrected chi connectivity index (χ0v) is 17.4. The van der Waals surface area contributed by atoms with E-state index in [-0.39, 0.29) is 6.61 Å². The summed E-state index contributed by atoms with van der Waals surface area (Å²) in [6.45, 7) is 5.92. The number of ether oxygens (including phenoxy) is 3. The van der Waals surface area contributed by atoms with Crippen LogP contribution in [0.15, 0.2) is 34.6 Å². The van der Waals surface area contributed by atoms with Crippen LogP contribution in [0.4, 0.5) is 5.95 Å². The Morgan fingerprint density at radius 2 is 2.07 bits per heavy atom. The normalized spacial score (nSPS) is 15.7. The van der Waals surface area contributed by atoms with E-state index in [1.807, 2.05) is 32.0 Å². The van der Waals surface area contributed by atoms with Crippen molar-refractivity contribution in [3.05, 3.63) is 35.0 Å². The Kier molecular flexibility index (Phi) is 6.13. The predicted molar refractivity (Wildman–Crippen MR) is 107 cm³/mol. The number of fused-ring (bicyclic) bond motifs is 1. The highest BCUT2D eigenvalue weighted by molar-refractivity contribution is 7.99. The molecule has 8 nitrogen and oxygen atoms in total. The minimum Gasteiger partial charge on any atom is -0.493 e. The van der Waals surface area contributed by atoms with Gasteiger partial charge in [-0.15, -0.1) is 5.10 Å². The van der Waals surface area contributed by atoms with Crippen LogP contribution in [-0.2, 0) is 9.53 Å². The van der Waals surface area contributed by atoms with Crippen LogP contribution in [0.3, 0.4) is 0 Å². The SMILES string of the molecule is CCOC(=O)C1=C(C)Nc2nc(SCC)nn2[C@H]1c1cccc(OC)c1OC. The molecule has 0 radical (unpaired) electrons. The van der Waals surface area contributed by atoms with E-state index in [1.165, 1.54) is 11.8 Å². The van der Waals surface area contributed by atoms with Gasteiger partial charge < -0.3 is 19.5 Å². The number of hydrogen-bond donors (Lipinski definition) is 1. The maximum atomic E-state index is 12.8. The van der Waals surface area contributed by atoms with Gasteiger partial charge in [0.25, 0.3) is 0 Å². The molecule has 1 atom stereocenters. The van der Waals surface area contributed by atoms with E-state index in [9.17, 15) is 4.79 Å². The molecule has 0 saturated carbocycles. The van der Waals surface area contributed by atoms with Crippen LogP contribution in [0, 0.1) is 0 Å². The van der Waals surface area contributed by atoms with Crippen LogP contribution >= 0.6 is 11.8 Å². The number of carbonyl (C=O) groups is 1. The largest absolute Gasteiger partial charge is 0.493 e. The third kappa shape index (κ3) is 3.54. The number of methoxy groups -OCH3 is 2. The summed E-state index contributed by atoms with van der Waals surface area (Å²) in [5, 5.41) is 8.43. The highest BCUT2D eigenvalue weighted by atomic mass is 32.2. The first-order chi connectivity index (χ1) is 13.5. The summed E-state index contributed by atoms with van der Waals surface area (Å²) < 4.78 is 18.1. The maximum absolute atomic E-state index is 12.8. The third-order valence-corrected chi connectivity index (χ3v) is 5.05. The predicted octanol–water partition coefficient (Wildman–Crippen LogP) is 3.26. The number of rotatable bonds is 7. The monoisotopic (exact) mass is 404 g/mol. The third-order valence-electron chi connectivity index (χ3n) is 4.33. The summed E-state index contributed by atoms with van der Waals surface area (Å²) >= 11 is 1.53. The van der Waals surface area contributed by atoms with Crippen LogP contribution in [-0.4, -0.2) is 47.3 Å². The van der Waals surface area contributed by atoms with Crippen LogP contribution in [0.1, 0.15) is 32.4 Å². The van der Waals surface area contributed by atoms with Crippen molar-refractivity contribution in [1.29, 1.82) is 0 Å². The lowest BCUT2D eigenvalue weighted by molar-refractivity contribution is -0.139. The van der Waals surface area contributed by atoms with E-state index in [4.69, 9.17) is 14.2 Å². The fourth-order valence-electron chi connectivity index (χ4n) is 3.21. The molecule has 1 aliphatic rings. The molecule has 1 aromatic heterocycles. The number of nitrogens with zero attached hydrogens (tertiary/aromatic N) is 3. The molecule has 28 heavy (non-hydrogen) atoms. The molecule has 1 aliphatic heterocycles. The number of benzene rings is 1. The summed E-state index contributed by atoms with van der Waals surface area (Å²) in [6, 6.07) is 5.00. The number of thioether (sulfide) groups is 1. The molecule has 0 spiro atoms. The van der Waals surface area contributed by atoms with Crippen molar-refractivity contribution in [2.24, 2.45) is 0 Å². The Bertz CT molecular complexity index is 909. The minimum atomic E-state index is -0.556. The highest BCUT2D eigenvalue weighted by Crippen LogP contribution is 2.43. The van der Waals surface area contributed by atoms with Crippen molar-refractivity contribution in [1.82, 2.24) is 14.8 Å². The van der Waals surface area contributed by atoms with E-state index >= 15 is 0 Å². The fourth-order valence-corrected chi connectivity index (χ4v) is 3.76. The standard InChI is InChI=1S/C19H24N4O4S/c1-6-27-17(24)14-11(3)20-18-21-19(28-7-2)22-23(18)15(14)12-9-8-10-13(25-4)16(12)26-5/h8-10,15H,6-7H2,1-5H3,(H,20,21,22)/t15-/m0/s1. The molecule has 1 N–H and O–H groups in total. The topological polar surface area (TPSA) is 87.5 Å². The summed E-state index contributed by atoms with van der Waals surface area (Å²) in [5.74, 6) is 2.11. The van der Waals surface area contributed by atoms with Crippen LogP contribution in [0.25, 0.3) is 0 Å². The first kappa shape index (κ1) is 20.1. The second-order valence-electron chi connectivity index (χ2n) is 5.96. The minimum absolute atomic E-state index is 0.277. The van der Waals surface area contributed by atoms with Crippen molar-refractivity contribution < 1.29 is 19.0 Å². The Morgan fingerprint density at radius 1 is 1.29 bits per heavy atom. The van der Waals surface area contributed by atoms with E-state index in [0.29, 0.717) is 33.9 Å². The summed E-state index contributed by atoms with van der Waals surface area (Å²) in [4.78, 5) is 17.4. The van der Waals surface area contributed by atoms with E-state index in [0.717, 1.165) is 11.3 Å². The van der Waals surface area contributed by atoms with Crippen LogP contribution < -0.4 is 14.8 Å². The Labute approximate surface area is 168 Å². The van der Waals surface area contributed by atoms with Gasteiger partial charge in [0.2, 0.25) is 11.1 Å². The van der Waals surface area contributed by atoms with Crippen molar-refractivity contribution in [3.8, 4) is 11.5 Å². The quantitative estimate of drug-likeness (QED) is 0.556. The molecule has 9 heteroatoms. The Morgan fingerprint density at radius 3 is 2.71 bits per heavy atom. The molecule has 0 amide bonds. The molecule has 0 bridgehead atoms. The first-order valence-corrected chi connectivity index (χ1v) is 9.99. The van der Waals surface area contributed by atoms with Gasteiger partial charge in [-0.1, -0.05) is 30.8 Å². The molecular weight excluding hydrogens is 380 g/mol. The molecule has 0 aliphatic carbocycles. The van der Waals surface area contributed by atoms with Crippen LogP contribution in [0.2, 0.25) is 0 Å². The van der Waals surface area contributed by atoms with Crippen molar-refractivity contribution in [2.75, 3.05) is 31.9 Å². The lowest BCUT2D eigenvalue weighted by Crippen LogP contribution is -2.30. The first-order valence-electron chi connectivity index (χ1n) is 9.00. The number of anilines is 1. The van der Waals surface area contributed by atoms with Gasteiger partial charge in [-0.05, 0) is 25.7 Å². The molecule has 3 rings (SSSR count). The summed E-state index contributed by atoms with van der Waals surface area (Å²) in [5.41, 5.74) is 1.87. The zero-order valence-electron chi connectivity index (χ0n) is 16.6. The van der Waals surface area contributed by atoms with Gasteiger partial charge in [-0.25, -0.2) is 9.48 Å². The summed E-state index contributed by atoms with van der Waals surface area (Å²) in [7, 11) is 3.15. The number of hydrogen-bond acceptors (Lipinski definition) is 8. The maximum Gasteiger partial charge on any atom is 0.338 e. The zero-order chi connectivity index (χ0) is 20.3. The van der Waals surface area contributed by atoms with Gasteiger partial charge in [0.05, 0.1) is 26.4 Å². The van der Waals surface area contributed by atoms with Crippen LogP contribution in [0.5, 0.6) is 11.5 Å². The average molecular weight is 404 g/mol. The smallest absolute Gasteiger partial charge is 0.338 e. The number of aromatic nitrogens is 3. The molecule has 150 valence electrons. The van der Waals surface area contributed by atoms with Gasteiger partial charge >= 0.3 is 5.97 Å². The van der Waals surface area contributed by atoms with Crippen molar-refractivity contribution >= 4 is 23.7 Å². The van der Waals surface area contributed by atoms with Gasteiger partial charge in [0, 0.05) is 11.3 Å². The van der Waals surface area contributed by atoms with E-state index < -0.39 is 12.0 Å². The fraction of sp³-hybridized carbons (Fsp3) is 0.421. The van der Waals surface area contributed by atoms with Gasteiger partial charge in [-0.3, -0.25) is 0 Å². The Hall–Kier alpha value is -2.68.